The van der Waals surface area contributed by atoms with Gasteiger partial charge in [0, 0.05) is 6.07 Å². The second-order valence-electron chi connectivity index (χ2n) is 5.58. The lowest BCUT2D eigenvalue weighted by Gasteiger charge is -2.14. The highest BCUT2D eigenvalue weighted by atomic mass is 16.3. The minimum Gasteiger partial charge on any atom is -0.451 e. The number of nitrogens with one attached hydrogen (secondary N) is 1. The van der Waals surface area contributed by atoms with Gasteiger partial charge in [0.1, 0.15) is 5.58 Å². The Kier molecular flexibility index (Phi) is 3.98. The van der Waals surface area contributed by atoms with Crippen LogP contribution in [0.25, 0.3) is 11.0 Å². The van der Waals surface area contributed by atoms with Crippen LogP contribution in [0.4, 0.5) is 0 Å². The van der Waals surface area contributed by atoms with Crippen molar-refractivity contribution in [3.05, 3.63) is 81.7 Å². The maximum atomic E-state index is 12.3. The molecule has 1 amide bonds. The zero-order chi connectivity index (χ0) is 16.4. The zero-order valence-corrected chi connectivity index (χ0v) is 13.0. The van der Waals surface area contributed by atoms with Crippen LogP contribution in [-0.4, -0.2) is 5.91 Å². The molecular weight excluding hydrogens is 290 g/mol. The number of hydrogen-bond donors (Lipinski definition) is 1. The van der Waals surface area contributed by atoms with E-state index < -0.39 is 5.91 Å². The summed E-state index contributed by atoms with van der Waals surface area (Å²) in [5, 5.41) is 3.32. The van der Waals surface area contributed by atoms with Crippen molar-refractivity contribution in [1.82, 2.24) is 5.32 Å². The number of benzene rings is 2. The molecule has 3 aromatic rings. The summed E-state index contributed by atoms with van der Waals surface area (Å²) >= 11 is 0. The molecule has 116 valence electrons. The predicted molar refractivity (Wildman–Crippen MR) is 89.5 cm³/mol. The van der Waals surface area contributed by atoms with E-state index in [9.17, 15) is 9.59 Å². The smallest absolute Gasteiger partial charge is 0.287 e. The van der Waals surface area contributed by atoms with Gasteiger partial charge in [-0.3, -0.25) is 9.59 Å². The molecule has 3 rings (SSSR count). The van der Waals surface area contributed by atoms with Crippen molar-refractivity contribution in [2.24, 2.45) is 0 Å². The minimum atomic E-state index is -0.402. The highest BCUT2D eigenvalue weighted by Crippen LogP contribution is 2.15. The lowest BCUT2D eigenvalue weighted by Crippen LogP contribution is -2.27. The molecule has 1 aromatic heterocycles. The maximum Gasteiger partial charge on any atom is 0.287 e. The summed E-state index contributed by atoms with van der Waals surface area (Å²) < 4.78 is 5.55. The molecule has 0 saturated carbocycles. The van der Waals surface area contributed by atoms with E-state index in [4.69, 9.17) is 4.42 Å². The third-order valence-electron chi connectivity index (χ3n) is 3.78. The van der Waals surface area contributed by atoms with Crippen LogP contribution in [-0.2, 0) is 0 Å². The van der Waals surface area contributed by atoms with E-state index in [2.05, 4.69) is 5.32 Å². The summed E-state index contributed by atoms with van der Waals surface area (Å²) in [4.78, 5) is 24.4. The third kappa shape index (κ3) is 3.16. The first-order valence-corrected chi connectivity index (χ1v) is 7.45. The molecule has 1 unspecified atom stereocenters. The topological polar surface area (TPSA) is 59.3 Å². The van der Waals surface area contributed by atoms with Crippen molar-refractivity contribution < 1.29 is 9.21 Å². The van der Waals surface area contributed by atoms with Crippen LogP contribution in [0.2, 0.25) is 0 Å². The molecule has 4 nitrogen and oxygen atoms in total. The van der Waals surface area contributed by atoms with E-state index in [1.165, 1.54) is 6.07 Å². The molecule has 0 aliphatic heterocycles. The molecule has 23 heavy (non-hydrogen) atoms. The average molecular weight is 307 g/mol. The molecule has 0 saturated heterocycles. The second kappa shape index (κ2) is 6.08. The van der Waals surface area contributed by atoms with Gasteiger partial charge in [-0.25, -0.2) is 0 Å². The van der Waals surface area contributed by atoms with E-state index in [0.29, 0.717) is 11.0 Å². The van der Waals surface area contributed by atoms with Gasteiger partial charge in [0.15, 0.2) is 11.2 Å². The number of para-hydroxylation sites is 1. The van der Waals surface area contributed by atoms with Gasteiger partial charge in [-0.05, 0) is 31.5 Å². The zero-order valence-electron chi connectivity index (χ0n) is 13.0. The second-order valence-corrected chi connectivity index (χ2v) is 5.58. The Morgan fingerprint density at radius 2 is 1.78 bits per heavy atom. The number of aryl methyl sites for hydroxylation is 1. The van der Waals surface area contributed by atoms with Gasteiger partial charge in [0.25, 0.3) is 5.91 Å². The van der Waals surface area contributed by atoms with E-state index in [-0.39, 0.29) is 17.2 Å². The number of amides is 1. The summed E-state index contributed by atoms with van der Waals surface area (Å²) in [7, 11) is 0. The van der Waals surface area contributed by atoms with Gasteiger partial charge in [-0.15, -0.1) is 0 Å². The highest BCUT2D eigenvalue weighted by molar-refractivity contribution is 5.93. The van der Waals surface area contributed by atoms with Crippen LogP contribution in [0.15, 0.2) is 63.8 Å². The molecular formula is C19H17NO3. The molecule has 2 aromatic carbocycles. The van der Waals surface area contributed by atoms with Gasteiger partial charge >= 0.3 is 0 Å². The summed E-state index contributed by atoms with van der Waals surface area (Å²) in [6, 6.07) is 15.9. The van der Waals surface area contributed by atoms with Crippen molar-refractivity contribution in [3.8, 4) is 0 Å². The first kappa shape index (κ1) is 15.0. The first-order valence-electron chi connectivity index (χ1n) is 7.45. The van der Waals surface area contributed by atoms with Gasteiger partial charge in [-0.2, -0.15) is 0 Å². The summed E-state index contributed by atoms with van der Waals surface area (Å²) in [5.74, 6) is -0.381. The largest absolute Gasteiger partial charge is 0.451 e. The fourth-order valence-electron chi connectivity index (χ4n) is 2.42. The van der Waals surface area contributed by atoms with Crippen LogP contribution in [0, 0.1) is 6.92 Å². The summed E-state index contributed by atoms with van der Waals surface area (Å²) in [5.41, 5.74) is 2.34. The standard InChI is InChI=1S/C19H17NO3/c1-12-7-9-14(10-8-12)13(2)20-19(22)18-11-16(21)15-5-3-4-6-17(15)23-18/h3-11,13H,1-2H3,(H,20,22). The molecule has 4 heteroatoms. The average Bonchev–Trinajstić information content (AvgIpc) is 2.55. The number of carbonyl (C=O) groups excluding carboxylic acids is 1. The van der Waals surface area contributed by atoms with E-state index in [0.717, 1.165) is 11.1 Å². The SMILES string of the molecule is Cc1ccc(C(C)NC(=O)c2cc(=O)c3ccccc3o2)cc1. The molecule has 1 atom stereocenters. The Balaban J connectivity index is 1.85. The van der Waals surface area contributed by atoms with Gasteiger partial charge < -0.3 is 9.73 Å². The molecule has 0 aliphatic rings. The molecule has 1 N–H and O–H groups in total. The van der Waals surface area contributed by atoms with E-state index in [1.807, 2.05) is 38.1 Å². The molecule has 0 spiro atoms. The lowest BCUT2D eigenvalue weighted by atomic mass is 10.1. The maximum absolute atomic E-state index is 12.3. The fraction of sp³-hybridized carbons (Fsp3) is 0.158. The first-order chi connectivity index (χ1) is 11.0. The lowest BCUT2D eigenvalue weighted by molar-refractivity contribution is 0.0912. The van der Waals surface area contributed by atoms with Gasteiger partial charge in [0.05, 0.1) is 11.4 Å². The Morgan fingerprint density at radius 3 is 2.52 bits per heavy atom. The molecule has 0 radical (unpaired) electrons. The monoisotopic (exact) mass is 307 g/mol. The van der Waals surface area contributed by atoms with E-state index in [1.54, 1.807) is 24.3 Å². The Labute approximate surface area is 133 Å². The Hall–Kier alpha value is -2.88. The Morgan fingerprint density at radius 1 is 1.09 bits per heavy atom. The molecule has 1 heterocycles. The normalized spacial score (nSPS) is 12.1. The van der Waals surface area contributed by atoms with Crippen LogP contribution in [0.3, 0.4) is 0 Å². The Bertz CT molecular complexity index is 910. The molecule has 0 bridgehead atoms. The summed E-state index contributed by atoms with van der Waals surface area (Å²) in [6.45, 7) is 3.90. The third-order valence-corrected chi connectivity index (χ3v) is 3.78. The summed E-state index contributed by atoms with van der Waals surface area (Å²) in [6.07, 6.45) is 0. The van der Waals surface area contributed by atoms with Crippen LogP contribution < -0.4 is 10.7 Å². The highest BCUT2D eigenvalue weighted by Gasteiger charge is 2.15. The predicted octanol–water partition coefficient (Wildman–Crippen LogP) is 3.59. The van der Waals surface area contributed by atoms with Crippen molar-refractivity contribution in [3.63, 3.8) is 0 Å². The van der Waals surface area contributed by atoms with Crippen molar-refractivity contribution in [2.45, 2.75) is 19.9 Å². The number of carbonyl (C=O) groups is 1. The van der Waals surface area contributed by atoms with Crippen molar-refractivity contribution in [2.75, 3.05) is 0 Å². The quantitative estimate of drug-likeness (QED) is 0.804. The van der Waals surface area contributed by atoms with Crippen molar-refractivity contribution in [1.29, 1.82) is 0 Å². The molecule has 0 aliphatic carbocycles. The number of rotatable bonds is 3. The van der Waals surface area contributed by atoms with Crippen LogP contribution in [0.5, 0.6) is 0 Å². The van der Waals surface area contributed by atoms with Crippen LogP contribution >= 0.6 is 0 Å². The van der Waals surface area contributed by atoms with Gasteiger partial charge in [-0.1, -0.05) is 42.0 Å². The molecule has 0 fully saturated rings. The fourth-order valence-corrected chi connectivity index (χ4v) is 2.42. The van der Waals surface area contributed by atoms with Gasteiger partial charge in [0.2, 0.25) is 0 Å². The van der Waals surface area contributed by atoms with Crippen LogP contribution in [0.1, 0.15) is 34.6 Å². The minimum absolute atomic E-state index is 0.0210. The number of fused-ring (bicyclic) bond motifs is 1. The van der Waals surface area contributed by atoms with Crippen molar-refractivity contribution >= 4 is 16.9 Å². The van der Waals surface area contributed by atoms with E-state index >= 15 is 0 Å². The number of hydrogen-bond acceptors (Lipinski definition) is 3.